The highest BCUT2D eigenvalue weighted by Crippen LogP contribution is 2.05. The van der Waals surface area contributed by atoms with Crippen LogP contribution in [0.15, 0.2) is 12.2 Å². The van der Waals surface area contributed by atoms with Crippen LogP contribution in [0, 0.1) is 6.92 Å². The highest BCUT2D eigenvalue weighted by Gasteiger charge is 1.94. The molecule has 0 aliphatic heterocycles. The Hall–Kier alpha value is 0.0300. The molecular weight excluding hydrogens is 120 g/mol. The molecule has 0 rings (SSSR count). The number of halogens is 1. The first-order valence-electron chi connectivity index (χ1n) is 2.89. The first-order chi connectivity index (χ1) is 3.81. The van der Waals surface area contributed by atoms with Gasteiger partial charge in [0, 0.05) is 5.38 Å². The molecule has 0 aliphatic rings. The van der Waals surface area contributed by atoms with Crippen LogP contribution < -0.4 is 0 Å². The van der Waals surface area contributed by atoms with Crippen LogP contribution in [0.1, 0.15) is 19.8 Å². The predicted octanol–water partition coefficient (Wildman–Crippen LogP) is 2.78. The van der Waals surface area contributed by atoms with Crippen molar-refractivity contribution in [3.05, 3.63) is 19.1 Å². The smallest absolute Gasteiger partial charge is 0.0367 e. The highest BCUT2D eigenvalue weighted by atomic mass is 35.5. The molecule has 1 unspecified atom stereocenters. The molecule has 0 aromatic rings. The lowest BCUT2D eigenvalue weighted by molar-refractivity contribution is 0.825. The van der Waals surface area contributed by atoms with Crippen molar-refractivity contribution in [3.63, 3.8) is 0 Å². The summed E-state index contributed by atoms with van der Waals surface area (Å²) in [5.41, 5.74) is 0. The Labute approximate surface area is 56.5 Å². The molecule has 0 aliphatic carbocycles. The maximum atomic E-state index is 5.76. The molecule has 0 amide bonds. The van der Waals surface area contributed by atoms with E-state index in [0.717, 1.165) is 12.8 Å². The van der Waals surface area contributed by atoms with Crippen LogP contribution in [0.4, 0.5) is 0 Å². The summed E-state index contributed by atoms with van der Waals surface area (Å²) in [5, 5.41) is 0.299. The average Bonchev–Trinajstić information content (AvgIpc) is 1.83. The zero-order chi connectivity index (χ0) is 6.41. The fourth-order valence-corrected chi connectivity index (χ4v) is 0.513. The molecule has 0 spiro atoms. The zero-order valence-corrected chi connectivity index (χ0v) is 5.99. The lowest BCUT2D eigenvalue weighted by Crippen LogP contribution is -1.91. The normalized spacial score (nSPS) is 14.9. The monoisotopic (exact) mass is 131 g/mol. The molecule has 47 valence electrons. The van der Waals surface area contributed by atoms with Crippen LogP contribution in [0.5, 0.6) is 0 Å². The van der Waals surface area contributed by atoms with Crippen molar-refractivity contribution in [2.75, 3.05) is 0 Å². The maximum Gasteiger partial charge on any atom is 0.0367 e. The molecule has 1 atom stereocenters. The van der Waals surface area contributed by atoms with E-state index in [1.54, 1.807) is 6.08 Å². The Bertz CT molecular complexity index is 66.8. The standard InChI is InChI=1S/C7H12Cl/c1-3-5-6-7(8)4-2/h3,5,7H,1,4,6H2,2H3. The van der Waals surface area contributed by atoms with E-state index in [1.165, 1.54) is 0 Å². The lowest BCUT2D eigenvalue weighted by Gasteiger charge is -1.98. The molecule has 1 radical (unpaired) electrons. The van der Waals surface area contributed by atoms with Gasteiger partial charge in [-0.3, -0.25) is 0 Å². The third-order valence-corrected chi connectivity index (χ3v) is 1.49. The Morgan fingerprint density at radius 3 is 2.75 bits per heavy atom. The Morgan fingerprint density at radius 1 is 1.75 bits per heavy atom. The van der Waals surface area contributed by atoms with Gasteiger partial charge in [0.25, 0.3) is 0 Å². The summed E-state index contributed by atoms with van der Waals surface area (Å²) in [6, 6.07) is 0. The van der Waals surface area contributed by atoms with Crippen molar-refractivity contribution in [3.8, 4) is 0 Å². The summed E-state index contributed by atoms with van der Waals surface area (Å²) in [6.45, 7) is 5.63. The number of rotatable bonds is 3. The van der Waals surface area contributed by atoms with Gasteiger partial charge in [-0.2, -0.15) is 0 Å². The lowest BCUT2D eigenvalue weighted by atomic mass is 10.2. The van der Waals surface area contributed by atoms with E-state index in [9.17, 15) is 0 Å². The molecule has 8 heavy (non-hydrogen) atoms. The summed E-state index contributed by atoms with van der Waals surface area (Å²) in [7, 11) is 0. The highest BCUT2D eigenvalue weighted by molar-refractivity contribution is 6.20. The van der Waals surface area contributed by atoms with E-state index in [4.69, 9.17) is 11.6 Å². The van der Waals surface area contributed by atoms with Crippen LogP contribution in [0.25, 0.3) is 0 Å². The first kappa shape index (κ1) is 8.03. The van der Waals surface area contributed by atoms with Crippen LogP contribution in [-0.2, 0) is 0 Å². The summed E-state index contributed by atoms with van der Waals surface area (Å²) in [5.74, 6) is 0. The van der Waals surface area contributed by atoms with Gasteiger partial charge in [0.05, 0.1) is 0 Å². The summed E-state index contributed by atoms with van der Waals surface area (Å²) in [4.78, 5) is 0. The van der Waals surface area contributed by atoms with Gasteiger partial charge in [-0.05, 0) is 19.8 Å². The molecule has 0 saturated carbocycles. The number of hydrogen-bond acceptors (Lipinski definition) is 0. The van der Waals surface area contributed by atoms with Gasteiger partial charge in [-0.1, -0.05) is 19.1 Å². The van der Waals surface area contributed by atoms with E-state index >= 15 is 0 Å². The summed E-state index contributed by atoms with van der Waals surface area (Å²) < 4.78 is 0. The SMILES string of the molecule is [CH2]C=CCC(Cl)CC. The second-order valence-electron chi connectivity index (χ2n) is 1.71. The Kier molecular flexibility index (Phi) is 5.19. The van der Waals surface area contributed by atoms with E-state index < -0.39 is 0 Å². The van der Waals surface area contributed by atoms with Crippen molar-refractivity contribution < 1.29 is 0 Å². The zero-order valence-electron chi connectivity index (χ0n) is 5.23. The fourth-order valence-electron chi connectivity index (χ4n) is 0.411. The fraction of sp³-hybridized carbons (Fsp3) is 0.571. The molecular formula is C7H12Cl. The quantitative estimate of drug-likeness (QED) is 0.517. The van der Waals surface area contributed by atoms with E-state index in [0.29, 0.717) is 5.38 Å². The maximum absolute atomic E-state index is 5.76. The van der Waals surface area contributed by atoms with Crippen LogP contribution in [-0.4, -0.2) is 5.38 Å². The summed E-state index contributed by atoms with van der Waals surface area (Å²) in [6.07, 6.45) is 5.75. The third kappa shape index (κ3) is 4.20. The van der Waals surface area contributed by atoms with Crippen LogP contribution in [0.3, 0.4) is 0 Å². The molecule has 0 aromatic heterocycles. The molecule has 0 heterocycles. The number of hydrogen-bond donors (Lipinski definition) is 0. The van der Waals surface area contributed by atoms with Crippen molar-refractivity contribution in [1.29, 1.82) is 0 Å². The van der Waals surface area contributed by atoms with Gasteiger partial charge in [0.1, 0.15) is 0 Å². The molecule has 0 aromatic carbocycles. The van der Waals surface area contributed by atoms with E-state index in [1.807, 2.05) is 6.08 Å². The minimum Gasteiger partial charge on any atom is -0.123 e. The molecule has 0 nitrogen and oxygen atoms in total. The summed E-state index contributed by atoms with van der Waals surface area (Å²) >= 11 is 5.76. The minimum atomic E-state index is 0.299. The van der Waals surface area contributed by atoms with Gasteiger partial charge in [0.15, 0.2) is 0 Å². The van der Waals surface area contributed by atoms with Crippen LogP contribution >= 0.6 is 11.6 Å². The first-order valence-corrected chi connectivity index (χ1v) is 3.33. The van der Waals surface area contributed by atoms with Gasteiger partial charge in [-0.15, -0.1) is 11.6 Å². The van der Waals surface area contributed by atoms with Gasteiger partial charge in [0.2, 0.25) is 0 Å². The Balaban J connectivity index is 3.10. The van der Waals surface area contributed by atoms with E-state index in [-0.39, 0.29) is 0 Å². The van der Waals surface area contributed by atoms with Crippen molar-refractivity contribution >= 4 is 11.6 Å². The largest absolute Gasteiger partial charge is 0.123 e. The van der Waals surface area contributed by atoms with Crippen molar-refractivity contribution in [2.45, 2.75) is 25.1 Å². The minimum absolute atomic E-state index is 0.299. The van der Waals surface area contributed by atoms with E-state index in [2.05, 4.69) is 13.8 Å². The van der Waals surface area contributed by atoms with Gasteiger partial charge < -0.3 is 0 Å². The van der Waals surface area contributed by atoms with Gasteiger partial charge >= 0.3 is 0 Å². The molecule has 0 bridgehead atoms. The van der Waals surface area contributed by atoms with Gasteiger partial charge in [-0.25, -0.2) is 0 Å². The molecule has 0 saturated heterocycles. The average molecular weight is 132 g/mol. The van der Waals surface area contributed by atoms with Crippen molar-refractivity contribution in [2.24, 2.45) is 0 Å². The second kappa shape index (κ2) is 5.17. The number of allylic oxidation sites excluding steroid dienone is 2. The Morgan fingerprint density at radius 2 is 2.38 bits per heavy atom. The molecule has 0 N–H and O–H groups in total. The van der Waals surface area contributed by atoms with Crippen LogP contribution in [0.2, 0.25) is 0 Å². The second-order valence-corrected chi connectivity index (χ2v) is 2.33. The topological polar surface area (TPSA) is 0 Å². The van der Waals surface area contributed by atoms with Crippen molar-refractivity contribution in [1.82, 2.24) is 0 Å². The number of alkyl halides is 1. The molecule has 0 fully saturated rings. The molecule has 1 heteroatoms. The third-order valence-electron chi connectivity index (χ3n) is 1.00. The predicted molar refractivity (Wildman–Crippen MR) is 39.0 cm³/mol.